The van der Waals surface area contributed by atoms with E-state index >= 15 is 0 Å². The Labute approximate surface area is 170 Å². The quantitative estimate of drug-likeness (QED) is 0.613. The molecule has 1 fully saturated rings. The molecule has 0 N–H and O–H groups in total. The molecule has 0 unspecified atom stereocenters. The zero-order valence-corrected chi connectivity index (χ0v) is 16.4. The van der Waals surface area contributed by atoms with Crippen molar-refractivity contribution in [3.8, 4) is 11.5 Å². The Hall–Kier alpha value is -3.08. The van der Waals surface area contributed by atoms with E-state index in [9.17, 15) is 4.79 Å². The van der Waals surface area contributed by atoms with Crippen LogP contribution in [-0.2, 0) is 0 Å². The molecule has 0 saturated carbocycles. The highest BCUT2D eigenvalue weighted by Gasteiger charge is 2.24. The fourth-order valence-electron chi connectivity index (χ4n) is 4.26. The lowest BCUT2D eigenvalue weighted by Gasteiger charge is -2.27. The second-order valence-corrected chi connectivity index (χ2v) is 7.63. The number of carbonyl (C=O) groups is 1. The molecule has 0 amide bonds. The molecular weight excluding hydrogens is 364 g/mol. The van der Waals surface area contributed by atoms with E-state index < -0.39 is 0 Å². The van der Waals surface area contributed by atoms with Crippen LogP contribution in [0.5, 0.6) is 11.5 Å². The number of rotatable bonds is 3. The van der Waals surface area contributed by atoms with Crippen molar-refractivity contribution in [2.24, 2.45) is 0 Å². The van der Waals surface area contributed by atoms with Gasteiger partial charge in [0.25, 0.3) is 0 Å². The minimum absolute atomic E-state index is 0.00846. The van der Waals surface area contributed by atoms with Crippen LogP contribution in [0.15, 0.2) is 48.7 Å². The first kappa shape index (κ1) is 18.0. The Kier molecular flexibility index (Phi) is 4.80. The molecule has 5 rings (SSSR count). The zero-order valence-electron chi connectivity index (χ0n) is 16.4. The van der Waals surface area contributed by atoms with Crippen LogP contribution in [0.1, 0.15) is 41.6 Å². The number of nitrogens with zero attached hydrogens (tertiary/aromatic N) is 2. The third-order valence-corrected chi connectivity index (χ3v) is 5.71. The molecule has 1 saturated heterocycles. The topological polar surface area (TPSA) is 51.7 Å². The average Bonchev–Trinajstić information content (AvgIpc) is 3.06. The normalized spacial score (nSPS) is 16.5. The van der Waals surface area contributed by atoms with Crippen LogP contribution in [-0.4, -0.2) is 37.1 Å². The number of fused-ring (bicyclic) bond motifs is 2. The predicted molar refractivity (Wildman–Crippen MR) is 113 cm³/mol. The summed E-state index contributed by atoms with van der Waals surface area (Å²) in [4.78, 5) is 20.4. The average molecular weight is 388 g/mol. The maximum Gasteiger partial charge on any atom is 0.196 e. The molecule has 0 aliphatic carbocycles. The van der Waals surface area contributed by atoms with Gasteiger partial charge >= 0.3 is 0 Å². The smallest absolute Gasteiger partial charge is 0.196 e. The lowest BCUT2D eigenvalue weighted by molar-refractivity contribution is 0.103. The molecule has 0 atom stereocenters. The van der Waals surface area contributed by atoms with Crippen LogP contribution in [0.2, 0.25) is 0 Å². The highest BCUT2D eigenvalue weighted by atomic mass is 16.6. The second-order valence-electron chi connectivity index (χ2n) is 7.63. The Morgan fingerprint density at radius 2 is 1.59 bits per heavy atom. The fourth-order valence-corrected chi connectivity index (χ4v) is 4.26. The van der Waals surface area contributed by atoms with E-state index in [0.717, 1.165) is 54.0 Å². The molecule has 0 bridgehead atoms. The van der Waals surface area contributed by atoms with Gasteiger partial charge < -0.3 is 14.4 Å². The SMILES string of the molecule is O=C(c1ccccc1)c1cnc2cc3c(cc2c1N1CCCCCC1)OCCO3. The standard InChI is InChI=1S/C24H24N2O3/c27-24(17-8-4-3-5-9-17)19-16-25-20-15-22-21(28-12-13-29-22)14-18(20)23(19)26-10-6-1-2-7-11-26/h3-5,8-9,14-16H,1-2,6-7,10-13H2. The number of anilines is 1. The lowest BCUT2D eigenvalue weighted by atomic mass is 9.99. The molecule has 0 radical (unpaired) electrons. The summed E-state index contributed by atoms with van der Waals surface area (Å²) in [5, 5.41) is 0.956. The number of hydrogen-bond donors (Lipinski definition) is 0. The van der Waals surface area contributed by atoms with Gasteiger partial charge in [0, 0.05) is 36.3 Å². The van der Waals surface area contributed by atoms with Gasteiger partial charge in [0.2, 0.25) is 0 Å². The minimum Gasteiger partial charge on any atom is -0.486 e. The van der Waals surface area contributed by atoms with Crippen molar-refractivity contribution in [2.45, 2.75) is 25.7 Å². The Balaban J connectivity index is 1.71. The van der Waals surface area contributed by atoms with Gasteiger partial charge in [0.15, 0.2) is 17.3 Å². The molecule has 2 aromatic carbocycles. The summed E-state index contributed by atoms with van der Waals surface area (Å²) in [6, 6.07) is 13.4. The minimum atomic E-state index is 0.00846. The van der Waals surface area contributed by atoms with Crippen LogP contribution < -0.4 is 14.4 Å². The van der Waals surface area contributed by atoms with Crippen LogP contribution in [0.3, 0.4) is 0 Å². The van der Waals surface area contributed by atoms with Gasteiger partial charge in [-0.1, -0.05) is 43.2 Å². The molecule has 3 aromatic rings. The van der Waals surface area contributed by atoms with Crippen molar-refractivity contribution < 1.29 is 14.3 Å². The fraction of sp³-hybridized carbons (Fsp3) is 0.333. The van der Waals surface area contributed by atoms with Crippen LogP contribution in [0.4, 0.5) is 5.69 Å². The van der Waals surface area contributed by atoms with Crippen molar-refractivity contribution in [1.29, 1.82) is 0 Å². The summed E-state index contributed by atoms with van der Waals surface area (Å²) >= 11 is 0. The van der Waals surface area contributed by atoms with E-state index in [1.807, 2.05) is 42.5 Å². The monoisotopic (exact) mass is 388 g/mol. The van der Waals surface area contributed by atoms with Crippen LogP contribution in [0.25, 0.3) is 10.9 Å². The number of pyridine rings is 1. The van der Waals surface area contributed by atoms with Gasteiger partial charge in [0.05, 0.1) is 16.8 Å². The first-order valence-corrected chi connectivity index (χ1v) is 10.4. The van der Waals surface area contributed by atoms with Gasteiger partial charge in [0.1, 0.15) is 13.2 Å². The van der Waals surface area contributed by atoms with Gasteiger partial charge in [-0.3, -0.25) is 9.78 Å². The van der Waals surface area contributed by atoms with E-state index in [4.69, 9.17) is 9.47 Å². The van der Waals surface area contributed by atoms with E-state index in [-0.39, 0.29) is 5.78 Å². The van der Waals surface area contributed by atoms with E-state index in [1.54, 1.807) is 6.20 Å². The zero-order chi connectivity index (χ0) is 19.6. The van der Waals surface area contributed by atoms with Crippen molar-refractivity contribution >= 4 is 22.4 Å². The number of aromatic nitrogens is 1. The van der Waals surface area contributed by atoms with Gasteiger partial charge in [-0.25, -0.2) is 0 Å². The number of ketones is 1. The first-order valence-electron chi connectivity index (χ1n) is 10.4. The molecule has 1 aromatic heterocycles. The maximum absolute atomic E-state index is 13.4. The van der Waals surface area contributed by atoms with Crippen molar-refractivity contribution in [1.82, 2.24) is 4.98 Å². The van der Waals surface area contributed by atoms with Gasteiger partial charge in [-0.2, -0.15) is 0 Å². The summed E-state index contributed by atoms with van der Waals surface area (Å²) < 4.78 is 11.6. The Morgan fingerprint density at radius 3 is 2.31 bits per heavy atom. The highest BCUT2D eigenvalue weighted by molar-refractivity contribution is 6.16. The molecule has 5 nitrogen and oxygen atoms in total. The Morgan fingerprint density at radius 1 is 0.897 bits per heavy atom. The molecule has 29 heavy (non-hydrogen) atoms. The molecule has 0 spiro atoms. The highest BCUT2D eigenvalue weighted by Crippen LogP contribution is 2.40. The first-order chi connectivity index (χ1) is 14.3. The second kappa shape index (κ2) is 7.74. The van der Waals surface area contributed by atoms with Gasteiger partial charge in [-0.15, -0.1) is 0 Å². The predicted octanol–water partition coefficient (Wildman–Crippen LogP) is 4.62. The number of carbonyl (C=O) groups excluding carboxylic acids is 1. The van der Waals surface area contributed by atoms with Crippen LogP contribution >= 0.6 is 0 Å². The van der Waals surface area contributed by atoms with Gasteiger partial charge in [-0.05, 0) is 18.9 Å². The summed E-state index contributed by atoms with van der Waals surface area (Å²) in [7, 11) is 0. The summed E-state index contributed by atoms with van der Waals surface area (Å²) in [6.45, 7) is 2.97. The molecule has 148 valence electrons. The lowest BCUT2D eigenvalue weighted by Crippen LogP contribution is -2.26. The maximum atomic E-state index is 13.4. The third-order valence-electron chi connectivity index (χ3n) is 5.71. The van der Waals surface area contributed by atoms with E-state index in [2.05, 4.69) is 9.88 Å². The van der Waals surface area contributed by atoms with Crippen LogP contribution in [0, 0.1) is 0 Å². The van der Waals surface area contributed by atoms with Crippen molar-refractivity contribution in [3.63, 3.8) is 0 Å². The number of ether oxygens (including phenoxy) is 2. The van der Waals surface area contributed by atoms with Crippen molar-refractivity contribution in [3.05, 3.63) is 59.8 Å². The molecule has 2 aliphatic heterocycles. The van der Waals surface area contributed by atoms with Crippen molar-refractivity contribution in [2.75, 3.05) is 31.2 Å². The largest absolute Gasteiger partial charge is 0.486 e. The number of hydrogen-bond acceptors (Lipinski definition) is 5. The third kappa shape index (κ3) is 3.41. The number of benzene rings is 2. The molecule has 2 aliphatic rings. The molecule has 5 heteroatoms. The summed E-state index contributed by atoms with van der Waals surface area (Å²) in [5.41, 5.74) is 3.14. The molecule has 3 heterocycles. The van der Waals surface area contributed by atoms with E-state index in [0.29, 0.717) is 24.3 Å². The summed E-state index contributed by atoms with van der Waals surface area (Å²) in [6.07, 6.45) is 6.45. The molecular formula is C24H24N2O3. The summed E-state index contributed by atoms with van der Waals surface area (Å²) in [5.74, 6) is 1.46. The Bertz CT molecular complexity index is 1040. The van der Waals surface area contributed by atoms with E-state index in [1.165, 1.54) is 12.8 Å².